The van der Waals surface area contributed by atoms with Crippen LogP contribution in [0.5, 0.6) is 0 Å². The monoisotopic (exact) mass is 288 g/mol. The van der Waals surface area contributed by atoms with E-state index in [9.17, 15) is 0 Å². The van der Waals surface area contributed by atoms with Crippen LogP contribution < -0.4 is 5.32 Å². The van der Waals surface area contributed by atoms with Crippen LogP contribution in [0.4, 0.5) is 0 Å². The fraction of sp³-hybridized carbons (Fsp3) is 0.667. The van der Waals surface area contributed by atoms with Crippen LogP contribution in [0.1, 0.15) is 25.3 Å². The van der Waals surface area contributed by atoms with Gasteiger partial charge in [-0.1, -0.05) is 30.3 Å². The first-order valence-electron chi connectivity index (χ1n) is 8.46. The zero-order valence-corrected chi connectivity index (χ0v) is 13.1. The minimum atomic E-state index is 0.600. The van der Waals surface area contributed by atoms with Gasteiger partial charge in [0.1, 0.15) is 0 Å². The molecule has 0 amide bonds. The lowest BCUT2D eigenvalue weighted by Crippen LogP contribution is -2.58. The summed E-state index contributed by atoms with van der Waals surface area (Å²) in [5.41, 5.74) is 1.44. The van der Waals surface area contributed by atoms with E-state index in [1.807, 2.05) is 0 Å². The first-order chi connectivity index (χ1) is 10.4. The highest BCUT2D eigenvalue weighted by molar-refractivity contribution is 5.16. The zero-order valence-electron chi connectivity index (χ0n) is 13.1. The van der Waals surface area contributed by atoms with E-state index in [1.54, 1.807) is 0 Å². The van der Waals surface area contributed by atoms with Crippen molar-refractivity contribution in [2.24, 2.45) is 5.92 Å². The van der Waals surface area contributed by atoms with E-state index < -0.39 is 0 Å². The number of rotatable bonds is 7. The van der Waals surface area contributed by atoms with Crippen LogP contribution in [0.25, 0.3) is 0 Å². The molecule has 3 heteroatoms. The predicted octanol–water partition coefficient (Wildman–Crippen LogP) is 2.32. The summed E-state index contributed by atoms with van der Waals surface area (Å²) in [7, 11) is 0. The molecule has 0 bridgehead atoms. The quantitative estimate of drug-likeness (QED) is 0.779. The summed E-state index contributed by atoms with van der Waals surface area (Å²) in [6.07, 6.45) is 3.97. The van der Waals surface area contributed by atoms with E-state index in [4.69, 9.17) is 4.74 Å². The molecule has 21 heavy (non-hydrogen) atoms. The molecule has 1 N–H and O–H groups in total. The third-order valence-corrected chi connectivity index (χ3v) is 4.80. The van der Waals surface area contributed by atoms with Crippen molar-refractivity contribution in [2.45, 2.75) is 38.3 Å². The Hall–Kier alpha value is -0.900. The third-order valence-electron chi connectivity index (χ3n) is 4.80. The normalized spacial score (nSPS) is 26.9. The number of hydrogen-bond donors (Lipinski definition) is 1. The summed E-state index contributed by atoms with van der Waals surface area (Å²) in [5, 5.41) is 3.79. The summed E-state index contributed by atoms with van der Waals surface area (Å²) in [6.45, 7) is 7.13. The van der Waals surface area contributed by atoms with Crippen LogP contribution in [0.3, 0.4) is 0 Å². The molecule has 1 saturated carbocycles. The summed E-state index contributed by atoms with van der Waals surface area (Å²) < 4.78 is 5.58. The fourth-order valence-corrected chi connectivity index (χ4v) is 3.38. The molecule has 3 nitrogen and oxygen atoms in total. The Morgan fingerprint density at radius 1 is 1.24 bits per heavy atom. The fourth-order valence-electron chi connectivity index (χ4n) is 3.38. The summed E-state index contributed by atoms with van der Waals surface area (Å²) in [5.74, 6) is 0.928. The van der Waals surface area contributed by atoms with Gasteiger partial charge < -0.3 is 10.1 Å². The first-order valence-corrected chi connectivity index (χ1v) is 8.46. The molecule has 0 spiro atoms. The maximum atomic E-state index is 5.58. The van der Waals surface area contributed by atoms with Crippen molar-refractivity contribution in [3.8, 4) is 0 Å². The van der Waals surface area contributed by atoms with E-state index >= 15 is 0 Å². The van der Waals surface area contributed by atoms with E-state index in [0.29, 0.717) is 12.1 Å². The van der Waals surface area contributed by atoms with Crippen molar-refractivity contribution >= 4 is 0 Å². The van der Waals surface area contributed by atoms with Gasteiger partial charge in [0.05, 0.1) is 6.61 Å². The highest BCUT2D eigenvalue weighted by Gasteiger charge is 2.36. The van der Waals surface area contributed by atoms with Crippen molar-refractivity contribution in [3.63, 3.8) is 0 Å². The average molecular weight is 288 g/mol. The van der Waals surface area contributed by atoms with Gasteiger partial charge >= 0.3 is 0 Å². The van der Waals surface area contributed by atoms with Crippen LogP contribution in [0.2, 0.25) is 0 Å². The molecule has 1 aliphatic carbocycles. The van der Waals surface area contributed by atoms with Crippen LogP contribution in [0, 0.1) is 5.92 Å². The highest BCUT2D eigenvalue weighted by atomic mass is 16.5. The molecule has 0 radical (unpaired) electrons. The third kappa shape index (κ3) is 4.29. The summed E-state index contributed by atoms with van der Waals surface area (Å²) in [6, 6.07) is 12.2. The Kier molecular flexibility index (Phi) is 5.28. The standard InChI is InChI=1S/C18H28N2O/c1-2-21-11-10-20-14-18(16-8-9-16)19-13-17(20)12-15-6-4-3-5-7-15/h3-7,16-19H,2,8-14H2,1H3. The van der Waals surface area contributed by atoms with E-state index in [-0.39, 0.29) is 0 Å². The molecule has 1 aromatic rings. The molecule has 2 atom stereocenters. The van der Waals surface area contributed by atoms with Gasteiger partial charge in [0.15, 0.2) is 0 Å². The van der Waals surface area contributed by atoms with Crippen LogP contribution in [-0.2, 0) is 11.2 Å². The van der Waals surface area contributed by atoms with Gasteiger partial charge in [0, 0.05) is 38.3 Å². The maximum absolute atomic E-state index is 5.58. The average Bonchev–Trinajstić information content (AvgIpc) is 3.35. The van der Waals surface area contributed by atoms with Gasteiger partial charge in [0.25, 0.3) is 0 Å². The summed E-state index contributed by atoms with van der Waals surface area (Å²) in [4.78, 5) is 2.65. The van der Waals surface area contributed by atoms with Crippen molar-refractivity contribution in [1.82, 2.24) is 10.2 Å². The van der Waals surface area contributed by atoms with Gasteiger partial charge in [-0.05, 0) is 37.7 Å². The molecule has 0 aromatic heterocycles. The minimum absolute atomic E-state index is 0.600. The molecule has 2 aliphatic rings. The van der Waals surface area contributed by atoms with Crippen LogP contribution >= 0.6 is 0 Å². The molecule has 2 fully saturated rings. The number of benzene rings is 1. The Labute approximate surface area is 128 Å². The molecule has 1 saturated heterocycles. The smallest absolute Gasteiger partial charge is 0.0593 e. The lowest BCUT2D eigenvalue weighted by atomic mass is 9.99. The SMILES string of the molecule is CCOCCN1CC(C2CC2)NCC1Cc1ccccc1. The predicted molar refractivity (Wildman–Crippen MR) is 86.5 cm³/mol. The number of nitrogens with zero attached hydrogens (tertiary/aromatic N) is 1. The molecular formula is C18H28N2O. The van der Waals surface area contributed by atoms with Gasteiger partial charge in [-0.2, -0.15) is 0 Å². The number of ether oxygens (including phenoxy) is 1. The largest absolute Gasteiger partial charge is 0.380 e. The molecule has 116 valence electrons. The lowest BCUT2D eigenvalue weighted by molar-refractivity contribution is 0.0670. The van der Waals surface area contributed by atoms with Gasteiger partial charge in [-0.25, -0.2) is 0 Å². The molecular weight excluding hydrogens is 260 g/mol. The number of nitrogens with one attached hydrogen (secondary N) is 1. The summed E-state index contributed by atoms with van der Waals surface area (Å²) >= 11 is 0. The lowest BCUT2D eigenvalue weighted by Gasteiger charge is -2.41. The highest BCUT2D eigenvalue weighted by Crippen LogP contribution is 2.34. The minimum Gasteiger partial charge on any atom is -0.380 e. The van der Waals surface area contributed by atoms with Crippen LogP contribution in [0.15, 0.2) is 30.3 Å². The van der Waals surface area contributed by atoms with Gasteiger partial charge in [-0.15, -0.1) is 0 Å². The second kappa shape index (κ2) is 7.39. The van der Waals surface area contributed by atoms with Crippen molar-refractivity contribution < 1.29 is 4.74 Å². The number of hydrogen-bond acceptors (Lipinski definition) is 3. The van der Waals surface area contributed by atoms with E-state index in [2.05, 4.69) is 47.5 Å². The Morgan fingerprint density at radius 3 is 2.76 bits per heavy atom. The maximum Gasteiger partial charge on any atom is 0.0593 e. The second-order valence-corrected chi connectivity index (χ2v) is 6.39. The molecule has 2 unspecified atom stereocenters. The first kappa shape index (κ1) is 15.0. The van der Waals surface area contributed by atoms with E-state index in [1.165, 1.54) is 24.9 Å². The van der Waals surface area contributed by atoms with Crippen molar-refractivity contribution in [3.05, 3.63) is 35.9 Å². The Bertz CT molecular complexity index is 418. The topological polar surface area (TPSA) is 24.5 Å². The number of piperazine rings is 1. The van der Waals surface area contributed by atoms with Gasteiger partial charge in [0.2, 0.25) is 0 Å². The van der Waals surface area contributed by atoms with Gasteiger partial charge in [-0.3, -0.25) is 4.90 Å². The Morgan fingerprint density at radius 2 is 2.05 bits per heavy atom. The molecule has 1 aliphatic heterocycles. The zero-order chi connectivity index (χ0) is 14.5. The molecule has 3 rings (SSSR count). The van der Waals surface area contributed by atoms with Crippen LogP contribution in [-0.4, -0.2) is 49.8 Å². The molecule has 1 heterocycles. The second-order valence-electron chi connectivity index (χ2n) is 6.39. The van der Waals surface area contributed by atoms with Crippen molar-refractivity contribution in [2.75, 3.05) is 32.8 Å². The molecule has 1 aromatic carbocycles. The van der Waals surface area contributed by atoms with E-state index in [0.717, 1.165) is 38.6 Å². The Balaban J connectivity index is 1.59. The van der Waals surface area contributed by atoms with Crippen molar-refractivity contribution in [1.29, 1.82) is 0 Å².